The van der Waals surface area contributed by atoms with E-state index in [0.29, 0.717) is 32.2 Å². The topological polar surface area (TPSA) is 72.2 Å². The molecule has 1 N–H and O–H groups in total. The number of thioether (sulfide) groups is 1. The van der Waals surface area contributed by atoms with E-state index in [4.69, 9.17) is 23.2 Å². The monoisotopic (exact) mass is 367 g/mol. The van der Waals surface area contributed by atoms with Crippen LogP contribution in [-0.2, 0) is 4.79 Å². The van der Waals surface area contributed by atoms with Gasteiger partial charge in [0.2, 0.25) is 5.91 Å². The third-order valence-electron chi connectivity index (χ3n) is 2.95. The fraction of sp³-hybridized carbons (Fsp3) is 0.143. The SMILES string of the molecule is Cc1nnc2ccc(SCC(=O)Nc3ccc(Cl)cc3Cl)nn12. The molecule has 2 aromatic heterocycles. The van der Waals surface area contributed by atoms with Crippen LogP contribution in [0.4, 0.5) is 5.69 Å². The molecule has 0 aliphatic rings. The number of carbonyl (C=O) groups excluding carboxylic acids is 1. The maximum Gasteiger partial charge on any atom is 0.234 e. The molecule has 9 heteroatoms. The van der Waals surface area contributed by atoms with Gasteiger partial charge in [0.1, 0.15) is 5.03 Å². The van der Waals surface area contributed by atoms with Gasteiger partial charge < -0.3 is 5.32 Å². The number of nitrogens with one attached hydrogen (secondary N) is 1. The molecular weight excluding hydrogens is 357 g/mol. The van der Waals surface area contributed by atoms with Gasteiger partial charge in [0.05, 0.1) is 16.5 Å². The van der Waals surface area contributed by atoms with Gasteiger partial charge in [0.25, 0.3) is 0 Å². The number of aromatic nitrogens is 4. The predicted molar refractivity (Wildman–Crippen MR) is 91.3 cm³/mol. The molecule has 0 aliphatic heterocycles. The Morgan fingerprint density at radius 2 is 2.09 bits per heavy atom. The molecule has 0 unspecified atom stereocenters. The van der Waals surface area contributed by atoms with Gasteiger partial charge in [0, 0.05) is 5.02 Å². The zero-order chi connectivity index (χ0) is 16.4. The van der Waals surface area contributed by atoms with Gasteiger partial charge in [-0.25, -0.2) is 0 Å². The first-order valence-electron chi connectivity index (χ1n) is 6.60. The molecule has 118 valence electrons. The van der Waals surface area contributed by atoms with Crippen LogP contribution in [0.15, 0.2) is 35.4 Å². The van der Waals surface area contributed by atoms with Crippen molar-refractivity contribution in [1.82, 2.24) is 19.8 Å². The number of carbonyl (C=O) groups is 1. The molecule has 0 fully saturated rings. The first kappa shape index (κ1) is 16.0. The number of nitrogens with zero attached hydrogens (tertiary/aromatic N) is 4. The summed E-state index contributed by atoms with van der Waals surface area (Å²) in [5, 5.41) is 16.6. The summed E-state index contributed by atoms with van der Waals surface area (Å²) < 4.78 is 1.64. The number of fused-ring (bicyclic) bond motifs is 1. The van der Waals surface area contributed by atoms with E-state index in [2.05, 4.69) is 20.6 Å². The van der Waals surface area contributed by atoms with Crippen molar-refractivity contribution in [2.24, 2.45) is 0 Å². The highest BCUT2D eigenvalue weighted by molar-refractivity contribution is 7.99. The zero-order valence-corrected chi connectivity index (χ0v) is 14.3. The van der Waals surface area contributed by atoms with Gasteiger partial charge in [-0.05, 0) is 37.3 Å². The van der Waals surface area contributed by atoms with Crippen molar-refractivity contribution in [2.45, 2.75) is 11.9 Å². The predicted octanol–water partition coefficient (Wildman–Crippen LogP) is 3.47. The Hall–Kier alpha value is -1.83. The average molecular weight is 368 g/mol. The molecule has 3 aromatic rings. The second-order valence-corrected chi connectivity index (χ2v) is 6.49. The minimum Gasteiger partial charge on any atom is -0.324 e. The molecule has 0 bridgehead atoms. The number of halogens is 2. The van der Waals surface area contributed by atoms with Crippen molar-refractivity contribution >= 4 is 52.2 Å². The molecule has 2 heterocycles. The summed E-state index contributed by atoms with van der Waals surface area (Å²) in [6.07, 6.45) is 0. The molecule has 1 amide bonds. The Morgan fingerprint density at radius 1 is 1.26 bits per heavy atom. The summed E-state index contributed by atoms with van der Waals surface area (Å²) in [6, 6.07) is 8.52. The van der Waals surface area contributed by atoms with Crippen LogP contribution < -0.4 is 5.32 Å². The number of hydrogen-bond acceptors (Lipinski definition) is 5. The van der Waals surface area contributed by atoms with Crippen molar-refractivity contribution in [2.75, 3.05) is 11.1 Å². The molecule has 23 heavy (non-hydrogen) atoms. The fourth-order valence-electron chi connectivity index (χ4n) is 1.87. The molecule has 0 saturated heterocycles. The van der Waals surface area contributed by atoms with E-state index in [1.165, 1.54) is 11.8 Å². The third-order valence-corrected chi connectivity index (χ3v) is 4.42. The first-order valence-corrected chi connectivity index (χ1v) is 8.34. The normalized spacial score (nSPS) is 10.9. The van der Waals surface area contributed by atoms with Crippen LogP contribution in [0.1, 0.15) is 5.82 Å². The molecule has 1 aromatic carbocycles. The highest BCUT2D eigenvalue weighted by atomic mass is 35.5. The zero-order valence-electron chi connectivity index (χ0n) is 12.0. The van der Waals surface area contributed by atoms with Gasteiger partial charge in [-0.1, -0.05) is 35.0 Å². The minimum absolute atomic E-state index is 0.179. The largest absolute Gasteiger partial charge is 0.324 e. The van der Waals surface area contributed by atoms with Gasteiger partial charge in [0.15, 0.2) is 11.5 Å². The fourth-order valence-corrected chi connectivity index (χ4v) is 2.98. The summed E-state index contributed by atoms with van der Waals surface area (Å²) in [5.41, 5.74) is 1.20. The van der Waals surface area contributed by atoms with E-state index in [9.17, 15) is 4.79 Å². The lowest BCUT2D eigenvalue weighted by molar-refractivity contribution is -0.113. The van der Waals surface area contributed by atoms with Crippen molar-refractivity contribution < 1.29 is 4.79 Å². The Labute approximate surface area is 146 Å². The summed E-state index contributed by atoms with van der Waals surface area (Å²) in [6.45, 7) is 1.82. The van der Waals surface area contributed by atoms with E-state index in [1.54, 1.807) is 28.8 Å². The first-order chi connectivity index (χ1) is 11.0. The van der Waals surface area contributed by atoms with Gasteiger partial charge in [-0.2, -0.15) is 9.61 Å². The maximum atomic E-state index is 12.0. The van der Waals surface area contributed by atoms with Crippen LogP contribution >= 0.6 is 35.0 Å². The summed E-state index contributed by atoms with van der Waals surface area (Å²) in [5.74, 6) is 0.722. The number of rotatable bonds is 4. The second-order valence-electron chi connectivity index (χ2n) is 4.65. The lowest BCUT2D eigenvalue weighted by atomic mass is 10.3. The molecule has 0 spiro atoms. The van der Waals surface area contributed by atoms with Crippen molar-refractivity contribution in [3.63, 3.8) is 0 Å². The van der Waals surface area contributed by atoms with E-state index < -0.39 is 0 Å². The van der Waals surface area contributed by atoms with Gasteiger partial charge in [-0.3, -0.25) is 4.79 Å². The van der Waals surface area contributed by atoms with Crippen molar-refractivity contribution in [3.05, 3.63) is 46.2 Å². The van der Waals surface area contributed by atoms with E-state index in [-0.39, 0.29) is 11.7 Å². The molecule has 0 radical (unpaired) electrons. The summed E-state index contributed by atoms with van der Waals surface area (Å²) in [7, 11) is 0. The number of hydrogen-bond donors (Lipinski definition) is 1. The Balaban J connectivity index is 1.64. The Kier molecular flexibility index (Phi) is 4.70. The molecule has 0 atom stereocenters. The summed E-state index contributed by atoms with van der Waals surface area (Å²) in [4.78, 5) is 12.0. The quantitative estimate of drug-likeness (QED) is 0.714. The molecular formula is C14H11Cl2N5OS. The minimum atomic E-state index is -0.179. The molecule has 0 aliphatic carbocycles. The number of benzene rings is 1. The smallest absolute Gasteiger partial charge is 0.234 e. The van der Waals surface area contributed by atoms with Crippen molar-refractivity contribution in [1.29, 1.82) is 0 Å². The van der Waals surface area contributed by atoms with Crippen LogP contribution in [0.25, 0.3) is 5.65 Å². The number of amides is 1. The lowest BCUT2D eigenvalue weighted by Gasteiger charge is -2.07. The third kappa shape index (κ3) is 3.74. The number of anilines is 1. The summed E-state index contributed by atoms with van der Waals surface area (Å²) >= 11 is 13.2. The average Bonchev–Trinajstić information content (AvgIpc) is 2.89. The maximum absolute atomic E-state index is 12.0. The lowest BCUT2D eigenvalue weighted by Crippen LogP contribution is -2.14. The van der Waals surface area contributed by atoms with Gasteiger partial charge >= 0.3 is 0 Å². The van der Waals surface area contributed by atoms with Crippen LogP contribution in [0.2, 0.25) is 10.0 Å². The van der Waals surface area contributed by atoms with Crippen LogP contribution in [0, 0.1) is 6.92 Å². The highest BCUT2D eigenvalue weighted by Crippen LogP contribution is 2.25. The highest BCUT2D eigenvalue weighted by Gasteiger charge is 2.09. The Bertz CT molecular complexity index is 883. The van der Waals surface area contributed by atoms with E-state index in [1.807, 2.05) is 13.0 Å². The van der Waals surface area contributed by atoms with Gasteiger partial charge in [-0.15, -0.1) is 10.2 Å². The van der Waals surface area contributed by atoms with Crippen LogP contribution in [0.5, 0.6) is 0 Å². The molecule has 0 saturated carbocycles. The standard InChI is InChI=1S/C14H11Cl2N5OS/c1-8-18-19-12-4-5-14(20-21(8)12)23-7-13(22)17-11-3-2-9(15)6-10(11)16/h2-6H,7H2,1H3,(H,17,22). The number of aryl methyl sites for hydroxylation is 1. The van der Waals surface area contributed by atoms with E-state index >= 15 is 0 Å². The molecule has 6 nitrogen and oxygen atoms in total. The van der Waals surface area contributed by atoms with Crippen LogP contribution in [0.3, 0.4) is 0 Å². The van der Waals surface area contributed by atoms with Crippen LogP contribution in [-0.4, -0.2) is 31.5 Å². The second kappa shape index (κ2) is 6.74. The molecule has 3 rings (SSSR count). The Morgan fingerprint density at radius 3 is 2.87 bits per heavy atom. The van der Waals surface area contributed by atoms with Crippen molar-refractivity contribution in [3.8, 4) is 0 Å². The van der Waals surface area contributed by atoms with E-state index in [0.717, 1.165) is 0 Å².